The molecule has 0 spiro atoms. The topological polar surface area (TPSA) is 83.0 Å². The number of fused-ring (bicyclic) bond motifs is 1. The van der Waals surface area contributed by atoms with Crippen molar-refractivity contribution in [2.75, 3.05) is 13.2 Å². The molecule has 0 aromatic carbocycles. The molecule has 0 amide bonds. The first-order valence-corrected chi connectivity index (χ1v) is 8.10. The lowest BCUT2D eigenvalue weighted by molar-refractivity contribution is 0.192. The quantitative estimate of drug-likeness (QED) is 0.734. The number of hydrogen-bond donors (Lipinski definition) is 0. The van der Waals surface area contributed by atoms with Gasteiger partial charge in [0.25, 0.3) is 5.89 Å². The molecular formula is C17H18N4O3. The minimum absolute atomic E-state index is 0.139. The molecule has 3 aromatic heterocycles. The molecule has 0 saturated carbocycles. The zero-order valence-electron chi connectivity index (χ0n) is 13.7. The van der Waals surface area contributed by atoms with Crippen LogP contribution in [0.25, 0.3) is 22.5 Å². The van der Waals surface area contributed by atoms with Crippen molar-refractivity contribution >= 4 is 11.0 Å². The maximum absolute atomic E-state index is 12.8. The minimum Gasteiger partial charge on any atom is -0.381 e. The van der Waals surface area contributed by atoms with Crippen molar-refractivity contribution in [1.82, 2.24) is 19.7 Å². The first-order valence-electron chi connectivity index (χ1n) is 8.10. The molecule has 0 aliphatic carbocycles. The lowest BCUT2D eigenvalue weighted by atomic mass is 10.1. The Morgan fingerprint density at radius 3 is 2.96 bits per heavy atom. The summed E-state index contributed by atoms with van der Waals surface area (Å²) in [5.41, 5.74) is 1.82. The van der Waals surface area contributed by atoms with Crippen LogP contribution in [0.15, 0.2) is 27.6 Å². The van der Waals surface area contributed by atoms with E-state index in [-0.39, 0.29) is 17.2 Å². The van der Waals surface area contributed by atoms with Crippen molar-refractivity contribution in [1.29, 1.82) is 0 Å². The van der Waals surface area contributed by atoms with Crippen LogP contribution in [0.1, 0.15) is 30.8 Å². The molecule has 24 heavy (non-hydrogen) atoms. The summed E-state index contributed by atoms with van der Waals surface area (Å²) >= 11 is 0. The van der Waals surface area contributed by atoms with E-state index in [1.165, 1.54) is 0 Å². The predicted molar refractivity (Wildman–Crippen MR) is 87.9 cm³/mol. The molecule has 4 rings (SSSR count). The number of nitrogens with zero attached hydrogens (tertiary/aromatic N) is 4. The van der Waals surface area contributed by atoms with Crippen molar-refractivity contribution in [2.45, 2.75) is 32.7 Å². The molecule has 7 heteroatoms. The SMILES string of the molecule is CCn1cc(-c2nc([C@@H]3CCOC3)no2)c(=O)c2ccc(C)nc21. The molecule has 0 radical (unpaired) electrons. The Bertz CT molecular complexity index is 954. The van der Waals surface area contributed by atoms with E-state index in [4.69, 9.17) is 9.26 Å². The normalized spacial score (nSPS) is 17.7. The fourth-order valence-corrected chi connectivity index (χ4v) is 3.00. The van der Waals surface area contributed by atoms with Crippen LogP contribution in [0.5, 0.6) is 0 Å². The van der Waals surface area contributed by atoms with Crippen LogP contribution < -0.4 is 5.43 Å². The van der Waals surface area contributed by atoms with E-state index in [1.54, 1.807) is 12.3 Å². The van der Waals surface area contributed by atoms with Crippen LogP contribution in [0.4, 0.5) is 0 Å². The third-order valence-corrected chi connectivity index (χ3v) is 4.37. The van der Waals surface area contributed by atoms with Gasteiger partial charge in [-0.3, -0.25) is 4.79 Å². The highest BCUT2D eigenvalue weighted by Gasteiger charge is 2.24. The zero-order chi connectivity index (χ0) is 16.7. The third kappa shape index (κ3) is 2.41. The van der Waals surface area contributed by atoms with Crippen molar-refractivity contribution < 1.29 is 9.26 Å². The van der Waals surface area contributed by atoms with E-state index in [0.29, 0.717) is 42.2 Å². The molecule has 7 nitrogen and oxygen atoms in total. The number of aryl methyl sites for hydroxylation is 2. The Morgan fingerprint density at radius 2 is 2.21 bits per heavy atom. The Kier molecular flexibility index (Phi) is 3.65. The summed E-state index contributed by atoms with van der Waals surface area (Å²) in [6.45, 7) is 5.91. The largest absolute Gasteiger partial charge is 0.381 e. The van der Waals surface area contributed by atoms with Gasteiger partial charge >= 0.3 is 0 Å². The summed E-state index contributed by atoms with van der Waals surface area (Å²) in [5, 5.41) is 4.59. The lowest BCUT2D eigenvalue weighted by Crippen LogP contribution is -2.13. The maximum atomic E-state index is 12.8. The van der Waals surface area contributed by atoms with E-state index in [1.807, 2.05) is 24.5 Å². The van der Waals surface area contributed by atoms with Crippen LogP contribution in [0, 0.1) is 6.92 Å². The third-order valence-electron chi connectivity index (χ3n) is 4.37. The Labute approximate surface area is 138 Å². The molecule has 0 bridgehead atoms. The molecule has 3 aromatic rings. The van der Waals surface area contributed by atoms with Gasteiger partial charge in [0.15, 0.2) is 5.82 Å². The number of hydrogen-bond acceptors (Lipinski definition) is 6. The molecule has 1 aliphatic rings. The molecule has 1 fully saturated rings. The number of pyridine rings is 2. The van der Waals surface area contributed by atoms with Crippen molar-refractivity contribution in [3.8, 4) is 11.5 Å². The molecular weight excluding hydrogens is 308 g/mol. The summed E-state index contributed by atoms with van der Waals surface area (Å²) < 4.78 is 12.7. The molecule has 0 N–H and O–H groups in total. The van der Waals surface area contributed by atoms with E-state index < -0.39 is 0 Å². The molecule has 0 unspecified atom stereocenters. The maximum Gasteiger partial charge on any atom is 0.263 e. The zero-order valence-corrected chi connectivity index (χ0v) is 13.7. The van der Waals surface area contributed by atoms with E-state index in [9.17, 15) is 4.79 Å². The minimum atomic E-state index is -0.139. The second kappa shape index (κ2) is 5.83. The van der Waals surface area contributed by atoms with E-state index in [0.717, 1.165) is 12.1 Å². The average Bonchev–Trinajstić information content (AvgIpc) is 3.26. The van der Waals surface area contributed by atoms with Crippen LogP contribution in [-0.4, -0.2) is 32.9 Å². The Hall–Kier alpha value is -2.54. The number of rotatable bonds is 3. The highest BCUT2D eigenvalue weighted by Crippen LogP contribution is 2.25. The van der Waals surface area contributed by atoms with Gasteiger partial charge in [-0.15, -0.1) is 0 Å². The molecule has 124 valence electrons. The second-order valence-corrected chi connectivity index (χ2v) is 6.00. The number of ether oxygens (including phenoxy) is 1. The van der Waals surface area contributed by atoms with Gasteiger partial charge in [0.1, 0.15) is 11.2 Å². The van der Waals surface area contributed by atoms with Gasteiger partial charge in [0.05, 0.1) is 12.0 Å². The lowest BCUT2D eigenvalue weighted by Gasteiger charge is -2.09. The van der Waals surface area contributed by atoms with Crippen molar-refractivity contribution in [2.24, 2.45) is 0 Å². The van der Waals surface area contributed by atoms with Gasteiger partial charge in [-0.25, -0.2) is 4.98 Å². The molecule has 4 heterocycles. The first-order chi connectivity index (χ1) is 11.7. The smallest absolute Gasteiger partial charge is 0.263 e. The van der Waals surface area contributed by atoms with Gasteiger partial charge in [0.2, 0.25) is 5.43 Å². The first kappa shape index (κ1) is 15.0. The van der Waals surface area contributed by atoms with Crippen LogP contribution >= 0.6 is 0 Å². The monoisotopic (exact) mass is 326 g/mol. The van der Waals surface area contributed by atoms with Crippen LogP contribution in [0.3, 0.4) is 0 Å². The van der Waals surface area contributed by atoms with Crippen molar-refractivity contribution in [3.63, 3.8) is 0 Å². The highest BCUT2D eigenvalue weighted by molar-refractivity contribution is 5.79. The summed E-state index contributed by atoms with van der Waals surface area (Å²) in [7, 11) is 0. The van der Waals surface area contributed by atoms with Gasteiger partial charge in [-0.1, -0.05) is 5.16 Å². The Balaban J connectivity index is 1.86. The number of aromatic nitrogens is 4. The summed E-state index contributed by atoms with van der Waals surface area (Å²) in [4.78, 5) is 21.8. The van der Waals surface area contributed by atoms with Crippen LogP contribution in [0.2, 0.25) is 0 Å². The van der Waals surface area contributed by atoms with Gasteiger partial charge < -0.3 is 13.8 Å². The van der Waals surface area contributed by atoms with E-state index in [2.05, 4.69) is 15.1 Å². The predicted octanol–water partition coefficient (Wildman–Crippen LogP) is 2.28. The van der Waals surface area contributed by atoms with Crippen molar-refractivity contribution in [3.05, 3.63) is 40.1 Å². The van der Waals surface area contributed by atoms with Gasteiger partial charge in [-0.2, -0.15) is 4.98 Å². The highest BCUT2D eigenvalue weighted by atomic mass is 16.5. The van der Waals surface area contributed by atoms with Gasteiger partial charge in [0, 0.05) is 31.0 Å². The molecule has 1 saturated heterocycles. The van der Waals surface area contributed by atoms with Gasteiger partial charge in [-0.05, 0) is 32.4 Å². The molecule has 1 atom stereocenters. The summed E-state index contributed by atoms with van der Waals surface area (Å²) in [5.74, 6) is 0.999. The molecule has 1 aliphatic heterocycles. The summed E-state index contributed by atoms with van der Waals surface area (Å²) in [6, 6.07) is 3.64. The Morgan fingerprint density at radius 1 is 1.33 bits per heavy atom. The fourth-order valence-electron chi connectivity index (χ4n) is 3.00. The standard InChI is InChI=1S/C17H18N4O3/c1-3-21-8-13(14(22)12-5-4-10(2)18-16(12)21)17-19-15(20-24-17)11-6-7-23-9-11/h4-5,8,11H,3,6-7,9H2,1-2H3/t11-/m1/s1. The average molecular weight is 326 g/mol. The fraction of sp³-hybridized carbons (Fsp3) is 0.412. The summed E-state index contributed by atoms with van der Waals surface area (Å²) in [6.07, 6.45) is 2.62. The van der Waals surface area contributed by atoms with E-state index >= 15 is 0 Å². The van der Waals surface area contributed by atoms with Crippen LogP contribution in [-0.2, 0) is 11.3 Å². The second-order valence-electron chi connectivity index (χ2n) is 6.00.